The minimum atomic E-state index is -3.55. The summed E-state index contributed by atoms with van der Waals surface area (Å²) in [5, 5.41) is -0.307. The van der Waals surface area contributed by atoms with Crippen molar-refractivity contribution in [3.63, 3.8) is 0 Å². The van der Waals surface area contributed by atoms with E-state index in [0.29, 0.717) is 24.6 Å². The van der Waals surface area contributed by atoms with Crippen LogP contribution in [0.5, 0.6) is 11.5 Å². The zero-order valence-corrected chi connectivity index (χ0v) is 19.8. The number of hydrogen-bond acceptors (Lipinski definition) is 6. The molecule has 9 heteroatoms. The molecule has 1 heterocycles. The van der Waals surface area contributed by atoms with Gasteiger partial charge in [0.1, 0.15) is 0 Å². The van der Waals surface area contributed by atoms with E-state index in [1.165, 1.54) is 16.1 Å². The van der Waals surface area contributed by atoms with Gasteiger partial charge in [0.05, 0.1) is 24.4 Å². The lowest BCUT2D eigenvalue weighted by molar-refractivity contribution is -0.131. The van der Waals surface area contributed by atoms with Gasteiger partial charge in [-0.05, 0) is 44.2 Å². The van der Waals surface area contributed by atoms with Crippen LogP contribution in [0.2, 0.25) is 0 Å². The highest BCUT2D eigenvalue weighted by atomic mass is 32.2. The molecule has 3 rings (SSSR count). The van der Waals surface area contributed by atoms with Crippen molar-refractivity contribution < 1.29 is 22.7 Å². The van der Waals surface area contributed by atoms with E-state index in [1.54, 1.807) is 43.4 Å². The number of sulfonamides is 1. The Balaban J connectivity index is 1.60. The van der Waals surface area contributed by atoms with E-state index < -0.39 is 10.0 Å². The average Bonchev–Trinajstić information content (AvgIpc) is 2.78. The molecule has 1 unspecified atom stereocenters. The number of aryl methyl sites for hydroxylation is 1. The Bertz CT molecular complexity index is 1020. The van der Waals surface area contributed by atoms with E-state index >= 15 is 0 Å². The summed E-state index contributed by atoms with van der Waals surface area (Å²) in [7, 11) is -0.393. The van der Waals surface area contributed by atoms with Crippen LogP contribution in [0.3, 0.4) is 0 Å². The predicted molar refractivity (Wildman–Crippen MR) is 121 cm³/mol. The molecule has 1 aliphatic rings. The van der Waals surface area contributed by atoms with Gasteiger partial charge in [-0.3, -0.25) is 4.79 Å². The van der Waals surface area contributed by atoms with Crippen molar-refractivity contribution in [3.8, 4) is 11.5 Å². The lowest BCUT2D eigenvalue weighted by Crippen LogP contribution is -2.52. The van der Waals surface area contributed by atoms with Crippen molar-refractivity contribution in [2.45, 2.75) is 28.9 Å². The topological polar surface area (TPSA) is 76.2 Å². The van der Waals surface area contributed by atoms with Gasteiger partial charge in [-0.2, -0.15) is 4.31 Å². The Hall–Kier alpha value is -2.23. The molecule has 2 aromatic carbocycles. The van der Waals surface area contributed by atoms with Crippen molar-refractivity contribution in [2.24, 2.45) is 0 Å². The molecular weight excluding hydrogens is 436 g/mol. The summed E-state index contributed by atoms with van der Waals surface area (Å²) in [6.07, 6.45) is 0. The van der Waals surface area contributed by atoms with Crippen LogP contribution in [0, 0.1) is 6.92 Å². The number of methoxy groups -OCH3 is 2. The second kappa shape index (κ2) is 9.93. The number of carbonyl (C=O) groups excluding carboxylic acids is 1. The molecule has 1 amide bonds. The Morgan fingerprint density at radius 3 is 2.16 bits per heavy atom. The zero-order valence-electron chi connectivity index (χ0n) is 18.2. The summed E-state index contributed by atoms with van der Waals surface area (Å²) >= 11 is 1.44. The molecule has 0 aliphatic carbocycles. The van der Waals surface area contributed by atoms with Crippen molar-refractivity contribution in [1.29, 1.82) is 0 Å². The molecule has 31 heavy (non-hydrogen) atoms. The molecule has 0 saturated carbocycles. The van der Waals surface area contributed by atoms with Gasteiger partial charge in [0.15, 0.2) is 11.5 Å². The summed E-state index contributed by atoms with van der Waals surface area (Å²) in [6.45, 7) is 5.11. The molecule has 0 aromatic heterocycles. The monoisotopic (exact) mass is 464 g/mol. The first-order valence-electron chi connectivity index (χ1n) is 10.0. The fraction of sp³-hybridized carbons (Fsp3) is 0.409. The van der Waals surface area contributed by atoms with E-state index in [-0.39, 0.29) is 29.1 Å². The molecule has 0 bridgehead atoms. The molecule has 7 nitrogen and oxygen atoms in total. The normalized spacial score (nSPS) is 16.1. The van der Waals surface area contributed by atoms with Crippen LogP contribution < -0.4 is 9.47 Å². The van der Waals surface area contributed by atoms with Crippen molar-refractivity contribution in [1.82, 2.24) is 9.21 Å². The van der Waals surface area contributed by atoms with Crippen LogP contribution in [-0.2, 0) is 14.8 Å². The van der Waals surface area contributed by atoms with Crippen LogP contribution in [0.4, 0.5) is 0 Å². The standard InChI is InChI=1S/C22H28N2O5S2/c1-16-5-8-19(9-6-16)31(26,27)24-13-11-23(12-14-24)22(25)17(2)30-18-7-10-20(28-3)21(15-18)29-4/h5-10,15,17H,11-14H2,1-4H3. The first-order valence-corrected chi connectivity index (χ1v) is 12.3. The van der Waals surface area contributed by atoms with Crippen LogP contribution in [-0.4, -0.2) is 69.2 Å². The van der Waals surface area contributed by atoms with Gasteiger partial charge in [0, 0.05) is 31.1 Å². The van der Waals surface area contributed by atoms with Gasteiger partial charge in [-0.1, -0.05) is 17.7 Å². The number of nitrogens with zero attached hydrogens (tertiary/aromatic N) is 2. The van der Waals surface area contributed by atoms with Crippen LogP contribution in [0.25, 0.3) is 0 Å². The third-order valence-corrected chi connectivity index (χ3v) is 8.22. The van der Waals surface area contributed by atoms with E-state index in [9.17, 15) is 13.2 Å². The second-order valence-corrected chi connectivity index (χ2v) is 10.7. The summed E-state index contributed by atoms with van der Waals surface area (Å²) < 4.78 is 37.7. The summed E-state index contributed by atoms with van der Waals surface area (Å²) in [5.74, 6) is 1.24. The molecule has 0 spiro atoms. The maximum Gasteiger partial charge on any atom is 0.243 e. The van der Waals surface area contributed by atoms with E-state index in [4.69, 9.17) is 9.47 Å². The number of rotatable bonds is 7. The molecule has 2 aromatic rings. The van der Waals surface area contributed by atoms with Crippen LogP contribution in [0.15, 0.2) is 52.3 Å². The average molecular weight is 465 g/mol. The molecule has 168 valence electrons. The van der Waals surface area contributed by atoms with Gasteiger partial charge in [0.2, 0.25) is 15.9 Å². The van der Waals surface area contributed by atoms with Gasteiger partial charge in [-0.15, -0.1) is 11.8 Å². The molecule has 1 saturated heterocycles. The third-order valence-electron chi connectivity index (χ3n) is 5.22. The maximum atomic E-state index is 12.9. The zero-order chi connectivity index (χ0) is 22.6. The van der Waals surface area contributed by atoms with Gasteiger partial charge >= 0.3 is 0 Å². The fourth-order valence-electron chi connectivity index (χ4n) is 3.41. The molecular formula is C22H28N2O5S2. The lowest BCUT2D eigenvalue weighted by atomic mass is 10.2. The van der Waals surface area contributed by atoms with E-state index in [1.807, 2.05) is 32.0 Å². The van der Waals surface area contributed by atoms with E-state index in [0.717, 1.165) is 10.5 Å². The molecule has 1 fully saturated rings. The predicted octanol–water partition coefficient (Wildman–Crippen LogP) is 3.03. The van der Waals surface area contributed by atoms with Gasteiger partial charge in [-0.25, -0.2) is 8.42 Å². The fourth-order valence-corrected chi connectivity index (χ4v) is 5.81. The minimum absolute atomic E-state index is 0.00725. The molecule has 1 aliphatic heterocycles. The third kappa shape index (κ3) is 5.34. The minimum Gasteiger partial charge on any atom is -0.493 e. The Morgan fingerprint density at radius 1 is 0.968 bits per heavy atom. The summed E-state index contributed by atoms with van der Waals surface area (Å²) in [5.41, 5.74) is 1.01. The summed E-state index contributed by atoms with van der Waals surface area (Å²) in [6, 6.07) is 12.4. The van der Waals surface area contributed by atoms with Gasteiger partial charge in [0.25, 0.3) is 0 Å². The van der Waals surface area contributed by atoms with Crippen molar-refractivity contribution in [2.75, 3.05) is 40.4 Å². The number of benzene rings is 2. The highest BCUT2D eigenvalue weighted by Gasteiger charge is 2.31. The maximum absolute atomic E-state index is 12.9. The molecule has 1 atom stereocenters. The largest absolute Gasteiger partial charge is 0.493 e. The Morgan fingerprint density at radius 2 is 1.58 bits per heavy atom. The van der Waals surface area contributed by atoms with Crippen LogP contribution >= 0.6 is 11.8 Å². The Labute approximate surface area is 188 Å². The number of carbonyl (C=O) groups is 1. The number of ether oxygens (including phenoxy) is 2. The smallest absolute Gasteiger partial charge is 0.243 e. The molecule has 0 N–H and O–H groups in total. The highest BCUT2D eigenvalue weighted by Crippen LogP contribution is 2.34. The summed E-state index contributed by atoms with van der Waals surface area (Å²) in [4.78, 5) is 15.8. The molecule has 0 radical (unpaired) electrons. The van der Waals surface area contributed by atoms with Gasteiger partial charge < -0.3 is 14.4 Å². The highest BCUT2D eigenvalue weighted by molar-refractivity contribution is 8.00. The van der Waals surface area contributed by atoms with Crippen LogP contribution in [0.1, 0.15) is 12.5 Å². The first-order chi connectivity index (χ1) is 14.8. The lowest BCUT2D eigenvalue weighted by Gasteiger charge is -2.35. The first kappa shape index (κ1) is 23.4. The number of amides is 1. The number of hydrogen-bond donors (Lipinski definition) is 0. The van der Waals surface area contributed by atoms with Crippen molar-refractivity contribution in [3.05, 3.63) is 48.0 Å². The Kier molecular flexibility index (Phi) is 7.51. The second-order valence-electron chi connectivity index (χ2n) is 7.32. The van der Waals surface area contributed by atoms with Crippen molar-refractivity contribution >= 4 is 27.7 Å². The SMILES string of the molecule is COc1ccc(SC(C)C(=O)N2CCN(S(=O)(=O)c3ccc(C)cc3)CC2)cc1OC. The number of piperazine rings is 1. The van der Waals surface area contributed by atoms with E-state index in [2.05, 4.69) is 0 Å². The quantitative estimate of drug-likeness (QED) is 0.587. The number of thioether (sulfide) groups is 1.